The van der Waals surface area contributed by atoms with E-state index in [2.05, 4.69) is 40.9 Å². The first-order chi connectivity index (χ1) is 8.58. The molecular weight excluding hydrogens is 224 g/mol. The smallest absolute Gasteiger partial charge is 0.149 e. The highest BCUT2D eigenvalue weighted by molar-refractivity contribution is 5.05. The minimum Gasteiger partial charge on any atom is -0.314 e. The number of aromatic nitrogens is 3. The zero-order chi connectivity index (χ0) is 12.8. The second-order valence-electron chi connectivity index (χ2n) is 6.55. The van der Waals surface area contributed by atoms with Crippen LogP contribution in [0.15, 0.2) is 0 Å². The van der Waals surface area contributed by atoms with Crippen LogP contribution in [0.5, 0.6) is 0 Å². The van der Waals surface area contributed by atoms with Gasteiger partial charge in [0.25, 0.3) is 0 Å². The number of nitrogens with zero attached hydrogens (tertiary/aromatic N) is 3. The molecule has 1 aliphatic carbocycles. The lowest BCUT2D eigenvalue weighted by molar-refractivity contribution is 0.262. The van der Waals surface area contributed by atoms with Gasteiger partial charge in [-0.25, -0.2) is 0 Å². The average Bonchev–Trinajstić information content (AvgIpc) is 2.94. The van der Waals surface area contributed by atoms with E-state index in [9.17, 15) is 0 Å². The van der Waals surface area contributed by atoms with Crippen LogP contribution in [-0.2, 0) is 13.0 Å². The number of hydrogen-bond donors (Lipinski definition) is 1. The summed E-state index contributed by atoms with van der Waals surface area (Å²) < 4.78 is 2.31. The highest BCUT2D eigenvalue weighted by atomic mass is 15.3. The Morgan fingerprint density at radius 2 is 2.17 bits per heavy atom. The van der Waals surface area contributed by atoms with E-state index < -0.39 is 0 Å². The Hall–Kier alpha value is -0.900. The maximum Gasteiger partial charge on any atom is 0.149 e. The van der Waals surface area contributed by atoms with Crippen LogP contribution in [-0.4, -0.2) is 20.8 Å². The Kier molecular flexibility index (Phi) is 2.93. The van der Waals surface area contributed by atoms with Crippen molar-refractivity contribution < 1.29 is 0 Å². The van der Waals surface area contributed by atoms with Crippen LogP contribution in [0.3, 0.4) is 0 Å². The molecule has 1 aromatic rings. The molecule has 2 atom stereocenters. The molecule has 1 N–H and O–H groups in total. The summed E-state index contributed by atoms with van der Waals surface area (Å²) in [7, 11) is 0. The van der Waals surface area contributed by atoms with Gasteiger partial charge < -0.3 is 9.88 Å². The zero-order valence-corrected chi connectivity index (χ0v) is 11.7. The monoisotopic (exact) mass is 248 g/mol. The van der Waals surface area contributed by atoms with Crippen LogP contribution < -0.4 is 5.32 Å². The van der Waals surface area contributed by atoms with E-state index >= 15 is 0 Å². The summed E-state index contributed by atoms with van der Waals surface area (Å²) in [6.07, 6.45) is 6.27. The molecule has 1 fully saturated rings. The number of rotatable bonds is 3. The third kappa shape index (κ3) is 1.96. The maximum absolute atomic E-state index is 4.38. The number of fused-ring (bicyclic) bond motifs is 1. The molecule has 0 bridgehead atoms. The minimum absolute atomic E-state index is 0.312. The molecule has 0 amide bonds. The lowest BCUT2D eigenvalue weighted by atomic mass is 9.87. The summed E-state index contributed by atoms with van der Waals surface area (Å²) in [4.78, 5) is 0. The van der Waals surface area contributed by atoms with E-state index in [-0.39, 0.29) is 0 Å². The Bertz CT molecular complexity index is 435. The third-order valence-corrected chi connectivity index (χ3v) is 4.73. The van der Waals surface area contributed by atoms with Crippen molar-refractivity contribution in [1.82, 2.24) is 20.1 Å². The summed E-state index contributed by atoms with van der Waals surface area (Å²) >= 11 is 0. The van der Waals surface area contributed by atoms with Gasteiger partial charge in [-0.1, -0.05) is 20.3 Å². The first kappa shape index (κ1) is 12.2. The fraction of sp³-hybridized carbons (Fsp3) is 0.857. The quantitative estimate of drug-likeness (QED) is 0.893. The standard InChI is InChI=1S/C14H24N4/c1-10(15-11-6-4-8-14(11,2)3)13-17-16-12-7-5-9-18(12)13/h10-11,15H,4-9H2,1-3H3. The van der Waals surface area contributed by atoms with E-state index in [0.29, 0.717) is 17.5 Å². The van der Waals surface area contributed by atoms with E-state index in [1.807, 2.05) is 0 Å². The Morgan fingerprint density at radius 1 is 1.33 bits per heavy atom. The molecule has 2 aliphatic rings. The molecule has 1 aromatic heterocycles. The fourth-order valence-electron chi connectivity index (χ4n) is 3.51. The van der Waals surface area contributed by atoms with Gasteiger partial charge in [-0.2, -0.15) is 0 Å². The fourth-order valence-corrected chi connectivity index (χ4v) is 3.51. The Morgan fingerprint density at radius 3 is 2.89 bits per heavy atom. The number of aryl methyl sites for hydroxylation is 1. The highest BCUT2D eigenvalue weighted by Gasteiger charge is 2.36. The number of nitrogens with one attached hydrogen (secondary N) is 1. The molecule has 1 saturated carbocycles. The molecule has 2 unspecified atom stereocenters. The Labute approximate surface area is 109 Å². The second-order valence-corrected chi connectivity index (χ2v) is 6.55. The summed E-state index contributed by atoms with van der Waals surface area (Å²) in [5, 5.41) is 12.5. The van der Waals surface area contributed by atoms with Crippen molar-refractivity contribution in [1.29, 1.82) is 0 Å². The molecule has 4 nitrogen and oxygen atoms in total. The molecule has 100 valence electrons. The Balaban J connectivity index is 1.73. The summed E-state index contributed by atoms with van der Waals surface area (Å²) in [6.45, 7) is 8.07. The largest absolute Gasteiger partial charge is 0.314 e. The molecular formula is C14H24N4. The predicted molar refractivity (Wildman–Crippen MR) is 71.3 cm³/mol. The van der Waals surface area contributed by atoms with Gasteiger partial charge in [0.05, 0.1) is 6.04 Å². The lowest BCUT2D eigenvalue weighted by Gasteiger charge is -2.30. The minimum atomic E-state index is 0.312. The molecule has 2 heterocycles. The SMILES string of the molecule is CC(NC1CCCC1(C)C)c1nnc2n1CCC2. The van der Waals surface area contributed by atoms with Crippen LogP contribution in [0.4, 0.5) is 0 Å². The van der Waals surface area contributed by atoms with Crippen molar-refractivity contribution in [2.24, 2.45) is 5.41 Å². The first-order valence-corrected chi connectivity index (χ1v) is 7.26. The first-order valence-electron chi connectivity index (χ1n) is 7.26. The average molecular weight is 248 g/mol. The van der Waals surface area contributed by atoms with E-state index in [1.165, 1.54) is 31.5 Å². The van der Waals surface area contributed by atoms with Gasteiger partial charge in [-0.15, -0.1) is 10.2 Å². The van der Waals surface area contributed by atoms with Crippen molar-refractivity contribution in [2.45, 2.75) is 71.5 Å². The van der Waals surface area contributed by atoms with Crippen LogP contribution in [0.1, 0.15) is 64.1 Å². The van der Waals surface area contributed by atoms with Crippen LogP contribution >= 0.6 is 0 Å². The van der Waals surface area contributed by atoms with Crippen LogP contribution in [0, 0.1) is 5.41 Å². The van der Waals surface area contributed by atoms with Crippen LogP contribution in [0.25, 0.3) is 0 Å². The third-order valence-electron chi connectivity index (χ3n) is 4.73. The molecule has 3 rings (SSSR count). The predicted octanol–water partition coefficient (Wildman–Crippen LogP) is 2.45. The van der Waals surface area contributed by atoms with Gasteiger partial charge in [-0.05, 0) is 31.6 Å². The van der Waals surface area contributed by atoms with Crippen LogP contribution in [0.2, 0.25) is 0 Å². The van der Waals surface area contributed by atoms with Crippen molar-refractivity contribution in [3.63, 3.8) is 0 Å². The van der Waals surface area contributed by atoms with Gasteiger partial charge in [0.2, 0.25) is 0 Å². The molecule has 0 radical (unpaired) electrons. The molecule has 4 heteroatoms. The van der Waals surface area contributed by atoms with Gasteiger partial charge in [-0.3, -0.25) is 0 Å². The van der Waals surface area contributed by atoms with Crippen molar-refractivity contribution in [2.75, 3.05) is 0 Å². The normalized spacial score (nSPS) is 27.4. The van der Waals surface area contributed by atoms with E-state index in [1.54, 1.807) is 0 Å². The molecule has 0 aromatic carbocycles. The highest BCUT2D eigenvalue weighted by Crippen LogP contribution is 2.38. The van der Waals surface area contributed by atoms with Gasteiger partial charge in [0.1, 0.15) is 11.6 Å². The summed E-state index contributed by atoms with van der Waals surface area (Å²) in [6, 6.07) is 0.925. The van der Waals surface area contributed by atoms with Crippen molar-refractivity contribution in [3.8, 4) is 0 Å². The summed E-state index contributed by atoms with van der Waals surface area (Å²) in [5.74, 6) is 2.30. The maximum atomic E-state index is 4.38. The molecule has 18 heavy (non-hydrogen) atoms. The lowest BCUT2D eigenvalue weighted by Crippen LogP contribution is -2.39. The zero-order valence-electron chi connectivity index (χ0n) is 11.7. The van der Waals surface area contributed by atoms with Gasteiger partial charge in [0.15, 0.2) is 0 Å². The second kappa shape index (κ2) is 4.34. The molecule has 0 spiro atoms. The van der Waals surface area contributed by atoms with Gasteiger partial charge >= 0.3 is 0 Å². The van der Waals surface area contributed by atoms with E-state index in [0.717, 1.165) is 18.8 Å². The summed E-state index contributed by atoms with van der Waals surface area (Å²) in [5.41, 5.74) is 0.419. The molecule has 0 saturated heterocycles. The topological polar surface area (TPSA) is 42.7 Å². The van der Waals surface area contributed by atoms with Gasteiger partial charge in [0, 0.05) is 19.0 Å². The van der Waals surface area contributed by atoms with E-state index in [4.69, 9.17) is 0 Å². The van der Waals surface area contributed by atoms with Crippen molar-refractivity contribution >= 4 is 0 Å². The van der Waals surface area contributed by atoms with Crippen molar-refractivity contribution in [3.05, 3.63) is 11.6 Å². The number of hydrogen-bond acceptors (Lipinski definition) is 3. The molecule has 1 aliphatic heterocycles.